The minimum Gasteiger partial charge on any atom is -0.444 e. The molecule has 0 aliphatic carbocycles. The third-order valence-corrected chi connectivity index (χ3v) is 5.65. The van der Waals surface area contributed by atoms with Crippen molar-refractivity contribution < 1.29 is 19.1 Å². The highest BCUT2D eigenvalue weighted by atomic mass is 16.6. The Labute approximate surface area is 226 Å². The first kappa shape index (κ1) is 30.4. The topological polar surface area (TPSA) is 112 Å². The summed E-state index contributed by atoms with van der Waals surface area (Å²) >= 11 is 0. The molecule has 2 atom stereocenters. The van der Waals surface area contributed by atoms with Crippen LogP contribution in [0.2, 0.25) is 0 Å². The monoisotopic (exact) mass is 520 g/mol. The van der Waals surface area contributed by atoms with Gasteiger partial charge in [0.05, 0.1) is 6.07 Å². The summed E-state index contributed by atoms with van der Waals surface area (Å²) < 4.78 is 5.39. The summed E-state index contributed by atoms with van der Waals surface area (Å²) in [6, 6.07) is 15.1. The maximum Gasteiger partial charge on any atom is 0.408 e. The minimum atomic E-state index is -1.07. The zero-order valence-electron chi connectivity index (χ0n) is 23.5. The van der Waals surface area contributed by atoms with Crippen molar-refractivity contribution in [1.29, 1.82) is 5.26 Å². The van der Waals surface area contributed by atoms with Gasteiger partial charge in [0, 0.05) is 6.54 Å². The lowest BCUT2D eigenvalue weighted by atomic mass is 9.97. The van der Waals surface area contributed by atoms with Crippen molar-refractivity contribution in [1.82, 2.24) is 15.5 Å². The van der Waals surface area contributed by atoms with Gasteiger partial charge in [0.15, 0.2) is 0 Å². The number of rotatable bonds is 10. The summed E-state index contributed by atoms with van der Waals surface area (Å²) in [4.78, 5) is 41.5. The van der Waals surface area contributed by atoms with Gasteiger partial charge in [-0.2, -0.15) is 5.26 Å². The SMILES string of the molecule is Cc1cc(C)cc(C(C(=O)NCc2ccccc2)N(CC#N)C(=O)C(CC(C)C)NC(=O)OC(C)(C)C)c1. The quantitative estimate of drug-likeness (QED) is 0.431. The minimum absolute atomic E-state index is 0.0504. The number of aryl methyl sites for hydroxylation is 2. The molecular weight excluding hydrogens is 480 g/mol. The van der Waals surface area contributed by atoms with Crippen LogP contribution >= 0.6 is 0 Å². The molecule has 2 aromatic carbocycles. The molecule has 0 saturated heterocycles. The Morgan fingerprint density at radius 1 is 1.03 bits per heavy atom. The van der Waals surface area contributed by atoms with Crippen molar-refractivity contribution in [2.24, 2.45) is 5.92 Å². The Hall–Kier alpha value is -3.86. The fraction of sp³-hybridized carbons (Fsp3) is 0.467. The number of amides is 3. The predicted molar refractivity (Wildman–Crippen MR) is 147 cm³/mol. The van der Waals surface area contributed by atoms with E-state index in [9.17, 15) is 19.6 Å². The van der Waals surface area contributed by atoms with Crippen molar-refractivity contribution in [2.75, 3.05) is 6.54 Å². The molecule has 0 spiro atoms. The largest absolute Gasteiger partial charge is 0.444 e. The van der Waals surface area contributed by atoms with Gasteiger partial charge in [-0.05, 0) is 58.1 Å². The summed E-state index contributed by atoms with van der Waals surface area (Å²) in [6.07, 6.45) is -0.421. The lowest BCUT2D eigenvalue weighted by Gasteiger charge is -2.33. The first-order chi connectivity index (χ1) is 17.8. The van der Waals surface area contributed by atoms with E-state index in [0.29, 0.717) is 12.0 Å². The Kier molecular flexibility index (Phi) is 10.9. The molecule has 2 rings (SSSR count). The average molecular weight is 521 g/mol. The molecule has 2 N–H and O–H groups in total. The highest BCUT2D eigenvalue weighted by Crippen LogP contribution is 2.26. The van der Waals surface area contributed by atoms with Crippen LogP contribution in [0.15, 0.2) is 48.5 Å². The summed E-state index contributed by atoms with van der Waals surface area (Å²) in [5.41, 5.74) is 2.60. The highest BCUT2D eigenvalue weighted by Gasteiger charge is 2.36. The van der Waals surface area contributed by atoms with Crippen LogP contribution in [0.5, 0.6) is 0 Å². The molecule has 0 aliphatic heterocycles. The second-order valence-corrected chi connectivity index (χ2v) is 11.0. The van der Waals surface area contributed by atoms with E-state index in [4.69, 9.17) is 4.74 Å². The summed E-state index contributed by atoms with van der Waals surface area (Å²) in [5.74, 6) is -0.887. The van der Waals surface area contributed by atoms with Crippen molar-refractivity contribution in [3.63, 3.8) is 0 Å². The van der Waals surface area contributed by atoms with E-state index < -0.39 is 35.6 Å². The van der Waals surface area contributed by atoms with Crippen LogP contribution in [-0.4, -0.2) is 41.0 Å². The van der Waals surface area contributed by atoms with Crippen LogP contribution in [0, 0.1) is 31.1 Å². The number of nitriles is 1. The zero-order valence-corrected chi connectivity index (χ0v) is 23.5. The van der Waals surface area contributed by atoms with E-state index in [0.717, 1.165) is 16.7 Å². The van der Waals surface area contributed by atoms with Gasteiger partial charge in [-0.3, -0.25) is 9.59 Å². The normalized spacial score (nSPS) is 12.7. The van der Waals surface area contributed by atoms with Crippen LogP contribution in [0.25, 0.3) is 0 Å². The second kappa shape index (κ2) is 13.6. The fourth-order valence-corrected chi connectivity index (χ4v) is 4.24. The Morgan fingerprint density at radius 2 is 1.63 bits per heavy atom. The number of benzene rings is 2. The molecule has 0 aromatic heterocycles. The van der Waals surface area contributed by atoms with E-state index in [1.165, 1.54) is 4.90 Å². The van der Waals surface area contributed by atoms with Gasteiger partial charge in [-0.1, -0.05) is 73.5 Å². The molecule has 0 fully saturated rings. The Bertz CT molecular complexity index is 1130. The molecule has 8 nitrogen and oxygen atoms in total. The fourth-order valence-electron chi connectivity index (χ4n) is 4.24. The van der Waals surface area contributed by atoms with E-state index in [1.54, 1.807) is 20.8 Å². The maximum atomic E-state index is 14.0. The van der Waals surface area contributed by atoms with Crippen molar-refractivity contribution in [2.45, 2.75) is 79.1 Å². The molecule has 0 bridgehead atoms. The number of hydrogen-bond acceptors (Lipinski definition) is 5. The number of carbonyl (C=O) groups is 3. The smallest absolute Gasteiger partial charge is 0.408 e. The Morgan fingerprint density at radius 3 is 2.16 bits per heavy atom. The van der Waals surface area contributed by atoms with Gasteiger partial charge in [0.2, 0.25) is 11.8 Å². The number of hydrogen-bond donors (Lipinski definition) is 2. The number of carbonyl (C=O) groups excluding carboxylic acids is 3. The molecule has 3 amide bonds. The third-order valence-electron chi connectivity index (χ3n) is 5.65. The lowest BCUT2D eigenvalue weighted by molar-refractivity contribution is -0.142. The number of nitrogens with one attached hydrogen (secondary N) is 2. The molecule has 38 heavy (non-hydrogen) atoms. The van der Waals surface area contributed by atoms with Gasteiger partial charge in [-0.15, -0.1) is 0 Å². The molecule has 0 aliphatic rings. The molecule has 0 heterocycles. The Balaban J connectivity index is 2.48. The van der Waals surface area contributed by atoms with Crippen molar-refractivity contribution in [3.05, 3.63) is 70.8 Å². The van der Waals surface area contributed by atoms with Gasteiger partial charge in [0.1, 0.15) is 24.2 Å². The molecule has 204 valence electrons. The summed E-state index contributed by atoms with van der Waals surface area (Å²) in [5, 5.41) is 15.3. The van der Waals surface area contributed by atoms with Gasteiger partial charge in [0.25, 0.3) is 0 Å². The van der Waals surface area contributed by atoms with Crippen LogP contribution in [0.4, 0.5) is 4.79 Å². The first-order valence-corrected chi connectivity index (χ1v) is 12.9. The third kappa shape index (κ3) is 9.55. The van der Waals surface area contributed by atoms with Crippen LogP contribution in [0.1, 0.15) is 69.3 Å². The number of alkyl carbamates (subject to hydrolysis) is 1. The van der Waals surface area contributed by atoms with Crippen LogP contribution in [-0.2, 0) is 20.9 Å². The molecular formula is C30H40N4O4. The molecule has 0 saturated carbocycles. The number of nitrogens with zero attached hydrogens (tertiary/aromatic N) is 2. The standard InChI is InChI=1S/C30H40N4O4/c1-20(2)15-25(33-29(37)38-30(5,6)7)28(36)34(14-13-31)26(24-17-21(3)16-22(4)18-24)27(35)32-19-23-11-9-8-10-12-23/h8-12,16-18,20,25-26H,14-15,19H2,1-7H3,(H,32,35)(H,33,37). The predicted octanol–water partition coefficient (Wildman–Crippen LogP) is 4.95. The second-order valence-electron chi connectivity index (χ2n) is 11.0. The average Bonchev–Trinajstić information content (AvgIpc) is 2.80. The zero-order chi connectivity index (χ0) is 28.5. The van der Waals surface area contributed by atoms with E-state index in [1.807, 2.05) is 82.3 Å². The summed E-state index contributed by atoms with van der Waals surface area (Å²) in [6.45, 7) is 12.8. The summed E-state index contributed by atoms with van der Waals surface area (Å²) in [7, 11) is 0. The van der Waals surface area contributed by atoms with Gasteiger partial charge >= 0.3 is 6.09 Å². The highest BCUT2D eigenvalue weighted by molar-refractivity contribution is 5.92. The van der Waals surface area contributed by atoms with E-state index >= 15 is 0 Å². The maximum absolute atomic E-state index is 14.0. The first-order valence-electron chi connectivity index (χ1n) is 12.9. The van der Waals surface area contributed by atoms with Crippen LogP contribution in [0.3, 0.4) is 0 Å². The molecule has 2 aromatic rings. The molecule has 0 radical (unpaired) electrons. The van der Waals surface area contributed by atoms with Crippen LogP contribution < -0.4 is 10.6 Å². The lowest BCUT2D eigenvalue weighted by Crippen LogP contribution is -2.53. The van der Waals surface area contributed by atoms with Crippen molar-refractivity contribution in [3.8, 4) is 6.07 Å². The van der Waals surface area contributed by atoms with Gasteiger partial charge < -0.3 is 20.3 Å². The van der Waals surface area contributed by atoms with E-state index in [-0.39, 0.29) is 19.0 Å². The molecule has 8 heteroatoms. The molecule has 2 unspecified atom stereocenters. The van der Waals surface area contributed by atoms with Crippen molar-refractivity contribution >= 4 is 17.9 Å². The van der Waals surface area contributed by atoms with E-state index in [2.05, 4.69) is 10.6 Å². The number of ether oxygens (including phenoxy) is 1. The van der Waals surface area contributed by atoms with Gasteiger partial charge in [-0.25, -0.2) is 4.79 Å².